The molecule has 3 heteroatoms. The molecule has 0 aromatic rings. The lowest BCUT2D eigenvalue weighted by molar-refractivity contribution is 0.101. The Balaban J connectivity index is 1.52. The summed E-state index contributed by atoms with van der Waals surface area (Å²) in [4.78, 5) is 0. The van der Waals surface area contributed by atoms with Crippen LogP contribution in [-0.2, 0) is 4.74 Å². The summed E-state index contributed by atoms with van der Waals surface area (Å²) in [6.07, 6.45) is 11.5. The summed E-state index contributed by atoms with van der Waals surface area (Å²) in [7, 11) is 0. The second-order valence-corrected chi connectivity index (χ2v) is 7.14. The third kappa shape index (κ3) is 3.55. The molecule has 2 heterocycles. The van der Waals surface area contributed by atoms with E-state index in [1.54, 1.807) is 0 Å². The minimum absolute atomic E-state index is 0.456. The van der Waals surface area contributed by atoms with Gasteiger partial charge in [-0.1, -0.05) is 19.3 Å². The average molecular weight is 280 g/mol. The first-order valence-electron chi connectivity index (χ1n) is 8.93. The van der Waals surface area contributed by atoms with Crippen molar-refractivity contribution < 1.29 is 4.74 Å². The Labute approximate surface area is 124 Å². The molecule has 0 spiro atoms. The summed E-state index contributed by atoms with van der Waals surface area (Å²) >= 11 is 0. The monoisotopic (exact) mass is 280 g/mol. The molecule has 0 radical (unpaired) electrons. The third-order valence-corrected chi connectivity index (χ3v) is 5.86. The highest BCUT2D eigenvalue weighted by atomic mass is 16.5. The predicted octanol–water partition coefficient (Wildman–Crippen LogP) is 2.70. The van der Waals surface area contributed by atoms with E-state index in [0.29, 0.717) is 6.10 Å². The fraction of sp³-hybridized carbons (Fsp3) is 1.00. The van der Waals surface area contributed by atoms with Crippen molar-refractivity contribution in [2.75, 3.05) is 19.7 Å². The van der Waals surface area contributed by atoms with Gasteiger partial charge in [0.05, 0.1) is 6.10 Å². The quantitative estimate of drug-likeness (QED) is 0.831. The minimum atomic E-state index is 0.456. The van der Waals surface area contributed by atoms with E-state index in [-0.39, 0.29) is 0 Å². The number of ether oxygens (including phenoxy) is 1. The van der Waals surface area contributed by atoms with Crippen molar-refractivity contribution in [1.29, 1.82) is 0 Å². The van der Waals surface area contributed by atoms with Crippen LogP contribution in [0.1, 0.15) is 58.3 Å². The summed E-state index contributed by atoms with van der Waals surface area (Å²) < 4.78 is 5.70. The summed E-state index contributed by atoms with van der Waals surface area (Å²) in [6.45, 7) is 5.60. The van der Waals surface area contributed by atoms with E-state index in [1.807, 2.05) is 0 Å². The van der Waals surface area contributed by atoms with Crippen molar-refractivity contribution in [2.45, 2.75) is 76.5 Å². The molecule has 0 aromatic carbocycles. The van der Waals surface area contributed by atoms with Gasteiger partial charge >= 0.3 is 0 Å². The molecule has 2 saturated heterocycles. The number of rotatable bonds is 4. The van der Waals surface area contributed by atoms with Crippen LogP contribution in [0.5, 0.6) is 0 Å². The minimum Gasteiger partial charge on any atom is -0.378 e. The Morgan fingerprint density at radius 2 is 1.90 bits per heavy atom. The van der Waals surface area contributed by atoms with Gasteiger partial charge in [-0.05, 0) is 57.4 Å². The van der Waals surface area contributed by atoms with Crippen LogP contribution >= 0.6 is 0 Å². The van der Waals surface area contributed by atoms with Gasteiger partial charge in [-0.2, -0.15) is 0 Å². The van der Waals surface area contributed by atoms with Crippen molar-refractivity contribution in [1.82, 2.24) is 10.6 Å². The maximum Gasteiger partial charge on any atom is 0.0588 e. The van der Waals surface area contributed by atoms with Crippen LogP contribution in [0.3, 0.4) is 0 Å². The molecule has 3 fully saturated rings. The van der Waals surface area contributed by atoms with Crippen LogP contribution in [0, 0.1) is 11.8 Å². The number of nitrogens with one attached hydrogen (secondary N) is 2. The Bertz CT molecular complexity index is 291. The van der Waals surface area contributed by atoms with E-state index in [4.69, 9.17) is 4.74 Å². The van der Waals surface area contributed by atoms with Gasteiger partial charge < -0.3 is 15.4 Å². The van der Waals surface area contributed by atoms with Crippen LogP contribution in [0.25, 0.3) is 0 Å². The molecule has 0 bridgehead atoms. The van der Waals surface area contributed by atoms with Gasteiger partial charge in [0.1, 0.15) is 0 Å². The molecule has 0 amide bonds. The first-order valence-corrected chi connectivity index (χ1v) is 8.93. The molecular weight excluding hydrogens is 248 g/mol. The molecule has 1 aliphatic carbocycles. The second kappa shape index (κ2) is 7.24. The fourth-order valence-electron chi connectivity index (χ4n) is 4.49. The highest BCUT2D eigenvalue weighted by Gasteiger charge is 2.33. The summed E-state index contributed by atoms with van der Waals surface area (Å²) in [5, 5.41) is 7.71. The predicted molar refractivity (Wildman–Crippen MR) is 82.9 cm³/mol. The zero-order valence-electron chi connectivity index (χ0n) is 13.1. The highest BCUT2D eigenvalue weighted by molar-refractivity contribution is 4.91. The van der Waals surface area contributed by atoms with Crippen LogP contribution < -0.4 is 10.6 Å². The zero-order valence-corrected chi connectivity index (χ0v) is 13.1. The van der Waals surface area contributed by atoms with E-state index in [1.165, 1.54) is 57.9 Å². The summed E-state index contributed by atoms with van der Waals surface area (Å²) in [6, 6.07) is 1.52. The lowest BCUT2D eigenvalue weighted by Gasteiger charge is -2.40. The van der Waals surface area contributed by atoms with Gasteiger partial charge in [0.25, 0.3) is 0 Å². The highest BCUT2D eigenvalue weighted by Crippen LogP contribution is 2.31. The Kier molecular flexibility index (Phi) is 5.36. The molecule has 2 aliphatic heterocycles. The van der Waals surface area contributed by atoms with Gasteiger partial charge in [-0.3, -0.25) is 0 Å². The molecule has 20 heavy (non-hydrogen) atoms. The molecule has 3 aliphatic rings. The molecule has 5 unspecified atom stereocenters. The smallest absolute Gasteiger partial charge is 0.0588 e. The standard InChI is InChI=1S/C17H32N2O/c1-13-14(9-11-20-13)12-19-17-7-3-2-6-15(17)16-8-4-5-10-18-16/h13-19H,2-12H2,1H3. The van der Waals surface area contributed by atoms with Crippen LogP contribution in [0.2, 0.25) is 0 Å². The molecule has 2 N–H and O–H groups in total. The number of piperidine rings is 1. The zero-order chi connectivity index (χ0) is 13.8. The number of hydrogen-bond acceptors (Lipinski definition) is 3. The second-order valence-electron chi connectivity index (χ2n) is 7.14. The lowest BCUT2D eigenvalue weighted by Crippen LogP contribution is -2.51. The maximum absolute atomic E-state index is 5.70. The molecule has 1 saturated carbocycles. The van der Waals surface area contributed by atoms with Gasteiger partial charge in [-0.15, -0.1) is 0 Å². The van der Waals surface area contributed by atoms with Gasteiger partial charge in [0, 0.05) is 25.2 Å². The normalized spacial score (nSPS) is 42.8. The third-order valence-electron chi connectivity index (χ3n) is 5.86. The summed E-state index contributed by atoms with van der Waals surface area (Å²) in [5.41, 5.74) is 0. The van der Waals surface area contributed by atoms with E-state index >= 15 is 0 Å². The molecule has 3 rings (SSSR count). The van der Waals surface area contributed by atoms with Crippen molar-refractivity contribution in [2.24, 2.45) is 11.8 Å². The topological polar surface area (TPSA) is 33.3 Å². The molecule has 3 nitrogen and oxygen atoms in total. The van der Waals surface area contributed by atoms with Crippen molar-refractivity contribution >= 4 is 0 Å². The molecule has 116 valence electrons. The van der Waals surface area contributed by atoms with Crippen LogP contribution in [0.4, 0.5) is 0 Å². The van der Waals surface area contributed by atoms with Crippen molar-refractivity contribution in [3.05, 3.63) is 0 Å². The molecule has 0 aromatic heterocycles. The van der Waals surface area contributed by atoms with E-state index in [2.05, 4.69) is 17.6 Å². The maximum atomic E-state index is 5.70. The van der Waals surface area contributed by atoms with Crippen molar-refractivity contribution in [3.63, 3.8) is 0 Å². The first-order chi connectivity index (χ1) is 9.84. The van der Waals surface area contributed by atoms with E-state index < -0.39 is 0 Å². The van der Waals surface area contributed by atoms with Crippen LogP contribution in [0.15, 0.2) is 0 Å². The first kappa shape index (κ1) is 14.8. The SMILES string of the molecule is CC1OCCC1CNC1CCCCC1C1CCCCN1. The Morgan fingerprint density at radius 1 is 1.05 bits per heavy atom. The van der Waals surface area contributed by atoms with Gasteiger partial charge in [-0.25, -0.2) is 0 Å². The van der Waals surface area contributed by atoms with Crippen molar-refractivity contribution in [3.8, 4) is 0 Å². The summed E-state index contributed by atoms with van der Waals surface area (Å²) in [5.74, 6) is 1.60. The van der Waals surface area contributed by atoms with Gasteiger partial charge in [0.2, 0.25) is 0 Å². The van der Waals surface area contributed by atoms with Crippen LogP contribution in [-0.4, -0.2) is 37.9 Å². The van der Waals surface area contributed by atoms with E-state index in [0.717, 1.165) is 37.1 Å². The Hall–Kier alpha value is -0.120. The number of hydrogen-bond donors (Lipinski definition) is 2. The molecule has 5 atom stereocenters. The lowest BCUT2D eigenvalue weighted by atomic mass is 9.77. The largest absolute Gasteiger partial charge is 0.378 e. The average Bonchev–Trinajstić information content (AvgIpc) is 2.92. The van der Waals surface area contributed by atoms with E-state index in [9.17, 15) is 0 Å². The fourth-order valence-corrected chi connectivity index (χ4v) is 4.49. The Morgan fingerprint density at radius 3 is 2.65 bits per heavy atom. The molecular formula is C17H32N2O. The van der Waals surface area contributed by atoms with Gasteiger partial charge in [0.15, 0.2) is 0 Å².